The lowest BCUT2D eigenvalue weighted by Gasteiger charge is -2.15. The lowest BCUT2D eigenvalue weighted by atomic mass is 10.1. The molecule has 0 radical (unpaired) electrons. The van der Waals surface area contributed by atoms with E-state index in [0.29, 0.717) is 6.04 Å². The fourth-order valence-corrected chi connectivity index (χ4v) is 2.39. The quantitative estimate of drug-likeness (QED) is 0.683. The largest absolute Gasteiger partial charge is 0.385 e. The minimum Gasteiger partial charge on any atom is -0.385 e. The highest BCUT2D eigenvalue weighted by atomic mass is 32.2. The molecule has 1 aliphatic rings. The molecular weight excluding hydrogens is 178 g/mol. The third kappa shape index (κ3) is 4.41. The van der Waals surface area contributed by atoms with E-state index < -0.39 is 0 Å². The van der Waals surface area contributed by atoms with Gasteiger partial charge in [0.2, 0.25) is 0 Å². The van der Waals surface area contributed by atoms with Crippen LogP contribution in [-0.4, -0.2) is 17.5 Å². The summed E-state index contributed by atoms with van der Waals surface area (Å²) < 4.78 is 0. The maximum absolute atomic E-state index is 4.01. The van der Waals surface area contributed by atoms with E-state index in [1.165, 1.54) is 22.8 Å². The zero-order valence-electron chi connectivity index (χ0n) is 8.60. The summed E-state index contributed by atoms with van der Waals surface area (Å²) in [6.45, 7) is 8.31. The van der Waals surface area contributed by atoms with E-state index in [1.807, 2.05) is 11.8 Å². The molecule has 0 spiro atoms. The topological polar surface area (TPSA) is 12.0 Å². The second kappa shape index (κ2) is 5.38. The van der Waals surface area contributed by atoms with E-state index in [2.05, 4.69) is 31.8 Å². The Kier molecular flexibility index (Phi) is 4.43. The number of allylic oxidation sites excluding steroid dienone is 2. The minimum atomic E-state index is 0.592. The minimum absolute atomic E-state index is 0.592. The van der Waals surface area contributed by atoms with Crippen molar-refractivity contribution in [1.82, 2.24) is 5.32 Å². The molecule has 1 saturated heterocycles. The number of thioether (sulfide) groups is 1. The van der Waals surface area contributed by atoms with Gasteiger partial charge in [-0.3, -0.25) is 0 Å². The summed E-state index contributed by atoms with van der Waals surface area (Å²) in [5.74, 6) is 2.43. The van der Waals surface area contributed by atoms with Gasteiger partial charge < -0.3 is 5.32 Å². The number of rotatable bonds is 2. The molecule has 1 unspecified atom stereocenters. The predicted molar refractivity (Wildman–Crippen MR) is 62.1 cm³/mol. The molecule has 0 amide bonds. The number of nitrogens with one attached hydrogen (secondary N) is 1. The molecule has 0 bridgehead atoms. The Morgan fingerprint density at radius 3 is 3.15 bits per heavy atom. The Morgan fingerprint density at radius 2 is 2.46 bits per heavy atom. The van der Waals surface area contributed by atoms with Crippen LogP contribution in [0.1, 0.15) is 26.7 Å². The highest BCUT2D eigenvalue weighted by Gasteiger charge is 2.11. The van der Waals surface area contributed by atoms with Crippen LogP contribution in [-0.2, 0) is 0 Å². The van der Waals surface area contributed by atoms with Crippen LogP contribution in [0.25, 0.3) is 0 Å². The number of hydrogen-bond donors (Lipinski definition) is 1. The van der Waals surface area contributed by atoms with Gasteiger partial charge in [-0.1, -0.05) is 18.2 Å². The van der Waals surface area contributed by atoms with Crippen LogP contribution in [0.2, 0.25) is 0 Å². The van der Waals surface area contributed by atoms with Crippen molar-refractivity contribution in [1.29, 1.82) is 0 Å². The summed E-state index contributed by atoms with van der Waals surface area (Å²) in [4.78, 5) is 0. The lowest BCUT2D eigenvalue weighted by molar-refractivity contribution is 0.625. The molecular formula is C11H19NS. The maximum Gasteiger partial charge on any atom is 0.0383 e. The van der Waals surface area contributed by atoms with E-state index in [4.69, 9.17) is 0 Å². The van der Waals surface area contributed by atoms with Crippen LogP contribution in [0.15, 0.2) is 23.9 Å². The zero-order valence-corrected chi connectivity index (χ0v) is 9.41. The van der Waals surface area contributed by atoms with Crippen molar-refractivity contribution < 1.29 is 0 Å². The fourth-order valence-electron chi connectivity index (χ4n) is 1.33. The van der Waals surface area contributed by atoms with Crippen molar-refractivity contribution >= 4 is 11.8 Å². The average molecular weight is 197 g/mol. The predicted octanol–water partition coefficient (Wildman–Crippen LogP) is 2.95. The van der Waals surface area contributed by atoms with E-state index in [-0.39, 0.29) is 0 Å². The second-order valence-electron chi connectivity index (χ2n) is 3.79. The normalized spacial score (nSPS) is 23.2. The van der Waals surface area contributed by atoms with Crippen molar-refractivity contribution in [3.8, 4) is 0 Å². The van der Waals surface area contributed by atoms with Gasteiger partial charge in [-0.15, -0.1) is 0 Å². The Balaban J connectivity index is 2.39. The van der Waals surface area contributed by atoms with Crippen molar-refractivity contribution in [2.24, 2.45) is 0 Å². The van der Waals surface area contributed by atoms with Gasteiger partial charge in [0, 0.05) is 17.5 Å². The van der Waals surface area contributed by atoms with Crippen molar-refractivity contribution in [3.05, 3.63) is 23.9 Å². The molecule has 1 fully saturated rings. The summed E-state index contributed by atoms with van der Waals surface area (Å²) in [5.41, 5.74) is 2.61. The lowest BCUT2D eigenvalue weighted by Crippen LogP contribution is -2.28. The van der Waals surface area contributed by atoms with Crippen LogP contribution in [0, 0.1) is 0 Å². The Hall–Kier alpha value is -0.370. The van der Waals surface area contributed by atoms with Gasteiger partial charge >= 0.3 is 0 Å². The van der Waals surface area contributed by atoms with Crippen LogP contribution < -0.4 is 5.32 Å². The molecule has 1 rings (SSSR count). The molecule has 0 saturated carbocycles. The van der Waals surface area contributed by atoms with Crippen LogP contribution in [0.5, 0.6) is 0 Å². The monoisotopic (exact) mass is 197 g/mol. The molecule has 13 heavy (non-hydrogen) atoms. The first kappa shape index (κ1) is 10.7. The van der Waals surface area contributed by atoms with E-state index >= 15 is 0 Å². The third-order valence-corrected chi connectivity index (χ3v) is 3.22. The first-order chi connectivity index (χ1) is 6.18. The Bertz CT molecular complexity index is 204. The van der Waals surface area contributed by atoms with Crippen molar-refractivity contribution in [2.75, 3.05) is 11.5 Å². The summed E-state index contributed by atoms with van der Waals surface area (Å²) >= 11 is 2.03. The molecule has 0 aliphatic carbocycles. The second-order valence-corrected chi connectivity index (χ2v) is 4.94. The highest BCUT2D eigenvalue weighted by molar-refractivity contribution is 7.99. The van der Waals surface area contributed by atoms with Gasteiger partial charge in [-0.2, -0.15) is 11.8 Å². The van der Waals surface area contributed by atoms with Crippen LogP contribution in [0.4, 0.5) is 0 Å². The SMILES string of the molecule is C=C1CCSCC(CC=C(C)C)N1. The average Bonchev–Trinajstić information content (AvgIpc) is 2.26. The molecule has 0 aromatic carbocycles. The molecule has 1 heterocycles. The highest BCUT2D eigenvalue weighted by Crippen LogP contribution is 2.16. The zero-order chi connectivity index (χ0) is 9.68. The molecule has 0 aromatic rings. The summed E-state index contributed by atoms with van der Waals surface area (Å²) in [7, 11) is 0. The van der Waals surface area contributed by atoms with E-state index in [0.717, 1.165) is 12.8 Å². The fraction of sp³-hybridized carbons (Fsp3) is 0.636. The van der Waals surface area contributed by atoms with Crippen molar-refractivity contribution in [3.63, 3.8) is 0 Å². The first-order valence-electron chi connectivity index (χ1n) is 4.84. The molecule has 0 aromatic heterocycles. The molecule has 1 aliphatic heterocycles. The van der Waals surface area contributed by atoms with Crippen LogP contribution >= 0.6 is 11.8 Å². The number of hydrogen-bond acceptors (Lipinski definition) is 2. The smallest absolute Gasteiger partial charge is 0.0383 e. The van der Waals surface area contributed by atoms with Gasteiger partial charge in [-0.25, -0.2) is 0 Å². The van der Waals surface area contributed by atoms with E-state index in [1.54, 1.807) is 0 Å². The molecule has 1 nitrogen and oxygen atoms in total. The first-order valence-corrected chi connectivity index (χ1v) is 5.99. The third-order valence-electron chi connectivity index (χ3n) is 2.09. The standard InChI is InChI=1S/C11H19NS/c1-9(2)4-5-11-8-13-7-6-10(3)12-11/h4,11-12H,3,5-8H2,1-2H3. The Morgan fingerprint density at radius 1 is 1.69 bits per heavy atom. The van der Waals surface area contributed by atoms with Crippen LogP contribution in [0.3, 0.4) is 0 Å². The molecule has 1 atom stereocenters. The van der Waals surface area contributed by atoms with Gasteiger partial charge in [0.25, 0.3) is 0 Å². The molecule has 1 N–H and O–H groups in total. The van der Waals surface area contributed by atoms with Gasteiger partial charge in [0.1, 0.15) is 0 Å². The van der Waals surface area contributed by atoms with Crippen molar-refractivity contribution in [2.45, 2.75) is 32.7 Å². The Labute approximate surface area is 85.7 Å². The summed E-state index contributed by atoms with van der Waals surface area (Å²) in [5, 5.41) is 3.47. The molecule has 2 heteroatoms. The maximum atomic E-state index is 4.01. The molecule has 74 valence electrons. The van der Waals surface area contributed by atoms with E-state index in [9.17, 15) is 0 Å². The van der Waals surface area contributed by atoms with Gasteiger partial charge in [0.05, 0.1) is 0 Å². The van der Waals surface area contributed by atoms with Gasteiger partial charge in [0.15, 0.2) is 0 Å². The van der Waals surface area contributed by atoms with Gasteiger partial charge in [-0.05, 0) is 32.4 Å². The summed E-state index contributed by atoms with van der Waals surface area (Å²) in [6.07, 6.45) is 4.56. The summed E-state index contributed by atoms with van der Waals surface area (Å²) in [6, 6.07) is 0.592.